The monoisotopic (exact) mass is 288 g/mol. The van der Waals surface area contributed by atoms with Crippen molar-refractivity contribution < 1.29 is 9.59 Å². The number of carbonyl (C=O) groups excluding carboxylic acids is 2. The number of anilines is 2. The Morgan fingerprint density at radius 1 is 1.20 bits per heavy atom. The summed E-state index contributed by atoms with van der Waals surface area (Å²) < 4.78 is 0. The average molecular weight is 288 g/mol. The molecule has 0 saturated carbocycles. The molecule has 104 valence electrons. The maximum Gasteiger partial charge on any atom is 0.231 e. The minimum atomic E-state index is -0.111. The van der Waals surface area contributed by atoms with Crippen molar-refractivity contribution >= 4 is 34.5 Å². The van der Waals surface area contributed by atoms with Crippen molar-refractivity contribution in [3.8, 4) is 0 Å². The fourth-order valence-electron chi connectivity index (χ4n) is 1.80. The van der Waals surface area contributed by atoms with E-state index >= 15 is 0 Å². The molecule has 1 aromatic heterocycles. The highest BCUT2D eigenvalue weighted by Gasteiger charge is 2.12. The van der Waals surface area contributed by atoms with Crippen LogP contribution < -0.4 is 10.2 Å². The number of benzene rings is 1. The van der Waals surface area contributed by atoms with Gasteiger partial charge in [-0.25, -0.2) is 0 Å². The molecule has 0 radical (unpaired) electrons. The molecule has 0 saturated heterocycles. The number of carbonyl (C=O) groups is 2. The van der Waals surface area contributed by atoms with Crippen LogP contribution in [0.3, 0.4) is 0 Å². The number of amides is 2. The molecule has 1 heterocycles. The summed E-state index contributed by atoms with van der Waals surface area (Å²) in [5.74, 6) is -0.0698. The molecule has 0 bridgehead atoms. The number of hydrogen-bond donors (Lipinski definition) is 1. The zero-order valence-corrected chi connectivity index (χ0v) is 12.2. The van der Waals surface area contributed by atoms with Gasteiger partial charge in [-0.15, -0.1) is 11.3 Å². The van der Waals surface area contributed by atoms with Crippen molar-refractivity contribution in [1.29, 1.82) is 0 Å². The van der Waals surface area contributed by atoms with Crippen molar-refractivity contribution in [2.75, 3.05) is 17.3 Å². The molecule has 0 atom stereocenters. The van der Waals surface area contributed by atoms with Crippen molar-refractivity contribution in [2.24, 2.45) is 0 Å². The van der Waals surface area contributed by atoms with Crippen LogP contribution >= 0.6 is 11.3 Å². The highest BCUT2D eigenvalue weighted by molar-refractivity contribution is 7.10. The number of hydrogen-bond acceptors (Lipinski definition) is 3. The second-order valence-corrected chi connectivity index (χ2v) is 5.47. The maximum absolute atomic E-state index is 12.1. The number of rotatable bonds is 4. The summed E-state index contributed by atoms with van der Waals surface area (Å²) in [5.41, 5.74) is 1.53. The van der Waals surface area contributed by atoms with Crippen LogP contribution in [0.2, 0.25) is 0 Å². The second-order valence-electron chi connectivity index (χ2n) is 4.44. The quantitative estimate of drug-likeness (QED) is 0.940. The first-order valence-electron chi connectivity index (χ1n) is 6.23. The van der Waals surface area contributed by atoms with Crippen molar-refractivity contribution in [3.05, 3.63) is 46.7 Å². The van der Waals surface area contributed by atoms with E-state index in [9.17, 15) is 9.59 Å². The van der Waals surface area contributed by atoms with Crippen molar-refractivity contribution in [1.82, 2.24) is 0 Å². The van der Waals surface area contributed by atoms with Gasteiger partial charge >= 0.3 is 0 Å². The number of nitrogens with one attached hydrogen (secondary N) is 1. The lowest BCUT2D eigenvalue weighted by Crippen LogP contribution is -2.27. The Bertz CT molecular complexity index is 591. The third-order valence-electron chi connectivity index (χ3n) is 2.85. The van der Waals surface area contributed by atoms with Crippen LogP contribution in [0.1, 0.15) is 11.8 Å². The number of nitrogens with zero attached hydrogens (tertiary/aromatic N) is 1. The summed E-state index contributed by atoms with van der Waals surface area (Å²) in [6.07, 6.45) is 0.404. The van der Waals surface area contributed by atoms with Gasteiger partial charge in [-0.2, -0.15) is 0 Å². The minimum Gasteiger partial charge on any atom is -0.326 e. The fourth-order valence-corrected chi connectivity index (χ4v) is 2.49. The molecule has 1 N–H and O–H groups in total. The number of thiophene rings is 1. The molecule has 0 aliphatic carbocycles. The first-order chi connectivity index (χ1) is 9.56. The highest BCUT2D eigenvalue weighted by atomic mass is 32.1. The predicted octanol–water partition coefficient (Wildman–Crippen LogP) is 2.91. The Balaban J connectivity index is 2.03. The van der Waals surface area contributed by atoms with Gasteiger partial charge in [0.15, 0.2) is 0 Å². The van der Waals surface area contributed by atoms with Crippen LogP contribution in [0.5, 0.6) is 0 Å². The van der Waals surface area contributed by atoms with Crippen LogP contribution in [0.15, 0.2) is 41.8 Å². The SMILES string of the molecule is CC(=O)Nc1ccc(N(C)C(=O)Cc2cccs2)cc1. The molecule has 0 spiro atoms. The topological polar surface area (TPSA) is 49.4 Å². The normalized spacial score (nSPS) is 10.1. The van der Waals surface area contributed by atoms with Gasteiger partial charge in [-0.1, -0.05) is 6.07 Å². The predicted molar refractivity (Wildman–Crippen MR) is 82.2 cm³/mol. The molecular weight excluding hydrogens is 272 g/mol. The van der Waals surface area contributed by atoms with E-state index in [-0.39, 0.29) is 11.8 Å². The Labute approximate surface area is 122 Å². The molecule has 0 aliphatic heterocycles. The molecule has 2 aromatic rings. The summed E-state index contributed by atoms with van der Waals surface area (Å²) in [5, 5.41) is 4.66. The van der Waals surface area contributed by atoms with Crippen LogP contribution in [0, 0.1) is 0 Å². The molecule has 2 rings (SSSR count). The van der Waals surface area contributed by atoms with Gasteiger partial charge in [0.05, 0.1) is 6.42 Å². The standard InChI is InChI=1S/C15H16N2O2S/c1-11(18)16-12-5-7-13(8-6-12)17(2)15(19)10-14-4-3-9-20-14/h3-9H,10H2,1-2H3,(H,16,18). The zero-order valence-electron chi connectivity index (χ0n) is 11.4. The van der Waals surface area contributed by atoms with Gasteiger partial charge in [0, 0.05) is 30.2 Å². The molecule has 5 heteroatoms. The summed E-state index contributed by atoms with van der Waals surface area (Å²) >= 11 is 1.58. The lowest BCUT2D eigenvalue weighted by atomic mass is 10.2. The molecule has 2 amide bonds. The summed E-state index contributed by atoms with van der Waals surface area (Å²) in [4.78, 5) is 25.8. The van der Waals surface area contributed by atoms with Gasteiger partial charge in [0.2, 0.25) is 11.8 Å². The Morgan fingerprint density at radius 2 is 1.90 bits per heavy atom. The highest BCUT2D eigenvalue weighted by Crippen LogP contribution is 2.18. The van der Waals surface area contributed by atoms with Crippen molar-refractivity contribution in [2.45, 2.75) is 13.3 Å². The summed E-state index contributed by atoms with van der Waals surface area (Å²) in [6.45, 7) is 1.46. The van der Waals surface area contributed by atoms with Gasteiger partial charge in [-0.05, 0) is 35.7 Å². The van der Waals surface area contributed by atoms with Crippen molar-refractivity contribution in [3.63, 3.8) is 0 Å². The molecule has 0 unspecified atom stereocenters. The maximum atomic E-state index is 12.1. The summed E-state index contributed by atoms with van der Waals surface area (Å²) in [6, 6.07) is 11.1. The lowest BCUT2D eigenvalue weighted by Gasteiger charge is -2.17. The Kier molecular flexibility index (Phi) is 4.53. The molecular formula is C15H16N2O2S. The second kappa shape index (κ2) is 6.34. The third kappa shape index (κ3) is 3.68. The summed E-state index contributed by atoms with van der Waals surface area (Å²) in [7, 11) is 1.75. The smallest absolute Gasteiger partial charge is 0.231 e. The van der Waals surface area contributed by atoms with E-state index in [0.29, 0.717) is 6.42 Å². The van der Waals surface area contributed by atoms with Crippen LogP contribution in [-0.4, -0.2) is 18.9 Å². The van der Waals surface area contributed by atoms with E-state index in [2.05, 4.69) is 5.32 Å². The van der Waals surface area contributed by atoms with E-state index in [4.69, 9.17) is 0 Å². The third-order valence-corrected chi connectivity index (χ3v) is 3.73. The molecule has 0 fully saturated rings. The van der Waals surface area contributed by atoms with Crippen LogP contribution in [0.25, 0.3) is 0 Å². The molecule has 20 heavy (non-hydrogen) atoms. The van der Waals surface area contributed by atoms with E-state index in [1.54, 1.807) is 35.4 Å². The Hall–Kier alpha value is -2.14. The molecule has 4 nitrogen and oxygen atoms in total. The fraction of sp³-hybridized carbons (Fsp3) is 0.200. The average Bonchev–Trinajstić information content (AvgIpc) is 2.91. The minimum absolute atomic E-state index is 0.0414. The van der Waals surface area contributed by atoms with Crippen LogP contribution in [0.4, 0.5) is 11.4 Å². The first-order valence-corrected chi connectivity index (χ1v) is 7.11. The van der Waals surface area contributed by atoms with Gasteiger partial charge in [0.1, 0.15) is 0 Å². The Morgan fingerprint density at radius 3 is 2.45 bits per heavy atom. The number of likely N-dealkylation sites (N-methyl/N-ethyl adjacent to an activating group) is 1. The van der Waals surface area contributed by atoms with E-state index in [1.165, 1.54) is 6.92 Å². The van der Waals surface area contributed by atoms with Gasteiger partial charge < -0.3 is 10.2 Å². The zero-order chi connectivity index (χ0) is 14.5. The largest absolute Gasteiger partial charge is 0.326 e. The van der Waals surface area contributed by atoms with Crippen LogP contribution in [-0.2, 0) is 16.0 Å². The van der Waals surface area contributed by atoms with E-state index in [1.807, 2.05) is 29.6 Å². The molecule has 1 aromatic carbocycles. The van der Waals surface area contributed by atoms with E-state index < -0.39 is 0 Å². The van der Waals surface area contributed by atoms with E-state index in [0.717, 1.165) is 16.3 Å². The lowest BCUT2D eigenvalue weighted by molar-refractivity contribution is -0.117. The van der Waals surface area contributed by atoms with Gasteiger partial charge in [-0.3, -0.25) is 9.59 Å². The van der Waals surface area contributed by atoms with Gasteiger partial charge in [0.25, 0.3) is 0 Å². The first kappa shape index (κ1) is 14.3. The molecule has 0 aliphatic rings.